The van der Waals surface area contributed by atoms with Gasteiger partial charge in [0.25, 0.3) is 0 Å². The first-order valence-electron chi connectivity index (χ1n) is 44.4. The van der Waals surface area contributed by atoms with Gasteiger partial charge in [-0.3, -0.25) is 19.2 Å². The topological polar surface area (TPSA) is 197 Å². The number of benzene rings is 3. The second-order valence-corrected chi connectivity index (χ2v) is 38.3. The van der Waals surface area contributed by atoms with Gasteiger partial charge in [-0.1, -0.05) is 144 Å². The fourth-order valence-corrected chi connectivity index (χ4v) is 10.6. The Morgan fingerprint density at radius 3 is 0.870 bits per heavy atom. The number of hydrogen-bond donors (Lipinski definition) is 4. The van der Waals surface area contributed by atoms with Crippen LogP contribution in [0.2, 0.25) is 0 Å². The van der Waals surface area contributed by atoms with Crippen molar-refractivity contribution in [3.63, 3.8) is 0 Å². The third-order valence-corrected chi connectivity index (χ3v) is 18.6. The van der Waals surface area contributed by atoms with Crippen molar-refractivity contribution in [2.45, 2.75) is 121 Å². The molecule has 0 saturated heterocycles. The number of ether oxygens (including phenoxy) is 5. The molecule has 0 fully saturated rings. The Kier molecular flexibility index (Phi) is 74.5. The lowest BCUT2D eigenvalue weighted by Gasteiger charge is -2.37. The number of quaternary nitrogens is 9. The van der Waals surface area contributed by atoms with Crippen LogP contribution in [0.15, 0.2) is 165 Å². The molecule has 0 unspecified atom stereocenters. The Bertz CT molecular complexity index is 3150. The Morgan fingerprint density at radius 2 is 0.585 bits per heavy atom. The maximum Gasteiger partial charge on any atom is 0.333 e. The van der Waals surface area contributed by atoms with Gasteiger partial charge in [0.1, 0.15) is 19.6 Å². The van der Waals surface area contributed by atoms with Crippen molar-refractivity contribution < 1.29 is 92.8 Å². The van der Waals surface area contributed by atoms with E-state index < -0.39 is 0 Å². The lowest BCUT2D eigenvalue weighted by molar-refractivity contribution is -0.927. The summed E-state index contributed by atoms with van der Waals surface area (Å²) in [4.78, 5) is 65.0. The van der Waals surface area contributed by atoms with E-state index in [-0.39, 0.29) is 35.6 Å². The highest BCUT2D eigenvalue weighted by Gasteiger charge is 2.24. The molecule has 24 heteroatoms. The molecule has 708 valence electrons. The second-order valence-electron chi connectivity index (χ2n) is 38.3. The third kappa shape index (κ3) is 93.4. The van der Waals surface area contributed by atoms with Gasteiger partial charge >= 0.3 is 11.9 Å². The van der Waals surface area contributed by atoms with Crippen LogP contribution in [-0.2, 0) is 72.3 Å². The zero-order valence-corrected chi connectivity index (χ0v) is 84.5. The van der Waals surface area contributed by atoms with E-state index in [2.05, 4.69) is 311 Å². The van der Waals surface area contributed by atoms with Gasteiger partial charge in [0, 0.05) is 61.6 Å². The Morgan fingerprint density at radius 1 is 0.309 bits per heavy atom. The Balaban J connectivity index is -0.000000315. The van der Waals surface area contributed by atoms with Crippen molar-refractivity contribution in [1.82, 2.24) is 21.3 Å². The largest absolute Gasteiger partial charge is 0.462 e. The summed E-state index contributed by atoms with van der Waals surface area (Å²) in [5, 5.41) is 11.0. The van der Waals surface area contributed by atoms with Gasteiger partial charge in [-0.2, -0.15) is 0 Å². The Hall–Kier alpha value is -7.56. The zero-order chi connectivity index (χ0) is 95.9. The molecule has 0 bridgehead atoms. The molecule has 0 aromatic heterocycles. The molecule has 3 aromatic rings. The number of hydrogen-bond acceptors (Lipinski definition) is 11. The molecular weight excluding hydrogens is 1550 g/mol. The first-order chi connectivity index (χ1) is 56.9. The maximum absolute atomic E-state index is 11.1. The number of likely N-dealkylation sites (N-methyl/N-ethyl adjacent to an activating group) is 5. The molecule has 4 amide bonds. The second kappa shape index (κ2) is 72.6. The summed E-state index contributed by atoms with van der Waals surface area (Å²) in [6.45, 7) is 64.7. The third-order valence-electron chi connectivity index (χ3n) is 18.6. The smallest absolute Gasteiger partial charge is 0.333 e. The van der Waals surface area contributed by atoms with Crippen molar-refractivity contribution >= 4 is 35.6 Å². The minimum absolute atomic E-state index is 0.0404. The predicted molar refractivity (Wildman–Crippen MR) is 519 cm³/mol. The summed E-state index contributed by atoms with van der Waals surface area (Å²) in [7, 11) is 44.5. The molecule has 0 aliphatic carbocycles. The average Bonchev–Trinajstić information content (AvgIpc) is 0.856. The summed E-state index contributed by atoms with van der Waals surface area (Å²) in [5.41, 5.74) is 5.37. The van der Waals surface area contributed by atoms with Crippen LogP contribution in [0.5, 0.6) is 0 Å². The van der Waals surface area contributed by atoms with E-state index in [1.165, 1.54) is 91.5 Å². The van der Waals surface area contributed by atoms with Crippen LogP contribution in [0, 0.1) is 0 Å². The minimum Gasteiger partial charge on any atom is -0.462 e. The first kappa shape index (κ1) is 126. The van der Waals surface area contributed by atoms with Gasteiger partial charge in [-0.15, -0.1) is 0 Å². The number of rotatable bonds is 51. The normalized spacial score (nSPS) is 11.3. The predicted octanol–water partition coefficient (Wildman–Crippen LogP) is 12.4. The van der Waals surface area contributed by atoms with Crippen molar-refractivity contribution in [3.05, 3.63) is 182 Å². The van der Waals surface area contributed by atoms with Crippen molar-refractivity contribution in [1.29, 1.82) is 0 Å². The highest BCUT2D eigenvalue weighted by Crippen LogP contribution is 2.12. The van der Waals surface area contributed by atoms with Crippen LogP contribution < -0.4 is 21.3 Å². The fraction of sp³-hybridized carbons (Fsp3) is 0.636. The van der Waals surface area contributed by atoms with Gasteiger partial charge in [0.2, 0.25) is 23.6 Å². The Labute approximate surface area is 753 Å². The van der Waals surface area contributed by atoms with Crippen LogP contribution in [0.3, 0.4) is 0 Å². The molecule has 3 rings (SSSR count). The first-order valence-corrected chi connectivity index (χ1v) is 44.4. The summed E-state index contributed by atoms with van der Waals surface area (Å²) < 4.78 is 35.7. The van der Waals surface area contributed by atoms with Crippen LogP contribution in [0.25, 0.3) is 0 Å². The van der Waals surface area contributed by atoms with Gasteiger partial charge in [0.15, 0.2) is 0 Å². The van der Waals surface area contributed by atoms with Crippen LogP contribution in [0.1, 0.15) is 118 Å². The number of amides is 4. The van der Waals surface area contributed by atoms with E-state index in [4.69, 9.17) is 23.7 Å². The number of esters is 2. The monoisotopic (exact) mass is 1740 g/mol. The number of nitrogens with one attached hydrogen (secondary N) is 4. The van der Waals surface area contributed by atoms with Gasteiger partial charge in [-0.25, -0.2) is 9.59 Å². The van der Waals surface area contributed by atoms with E-state index in [0.29, 0.717) is 43.0 Å². The van der Waals surface area contributed by atoms with Crippen LogP contribution in [-0.4, -0.2) is 381 Å². The van der Waals surface area contributed by atoms with Crippen molar-refractivity contribution in [2.24, 2.45) is 0 Å². The average molecular weight is 1740 g/mol. The molecule has 4 N–H and O–H groups in total. The lowest BCUT2D eigenvalue weighted by atomic mass is 10.2. The summed E-state index contributed by atoms with van der Waals surface area (Å²) in [6, 6.07) is 31.1. The van der Waals surface area contributed by atoms with Crippen molar-refractivity contribution in [2.75, 3.05) is 305 Å². The summed E-state index contributed by atoms with van der Waals surface area (Å²) in [6.07, 6.45) is 10.1. The van der Waals surface area contributed by atoms with E-state index in [1.54, 1.807) is 20.8 Å². The molecule has 0 spiro atoms. The molecule has 0 heterocycles. The molecule has 0 radical (unpaired) electrons. The molecule has 0 atom stereocenters. The van der Waals surface area contributed by atoms with E-state index in [9.17, 15) is 28.8 Å². The number of nitrogens with zero attached hydrogens (tertiary/aromatic N) is 9. The lowest BCUT2D eigenvalue weighted by Crippen LogP contribution is -2.50. The molecule has 123 heavy (non-hydrogen) atoms. The van der Waals surface area contributed by atoms with E-state index in [0.717, 1.165) is 173 Å². The SMILES string of the molecule is C=C(C)C(=O)NCCC[N+](C)(C)C.C=C(C)C(=O)NCC[N+](C)(C)C.C=C(C)C(=O)OCCC[N+](C)(C)C.C=CC(=O)NCCC[N+](C)(C)C.C=CC(=O)NCC[N+](C)(C)C.C=CC(=O)OCCC[N+](C)(C)C.CCC[N+](CC)(CCC)CCOCc1ccccc1.CC[N+](CC)(CC)CCOCc1ccccc1.C[N+](C)(C)CCOCc1ccccc1. The van der Waals surface area contributed by atoms with Crippen molar-refractivity contribution in [3.8, 4) is 0 Å². The number of carbonyl (C=O) groups excluding carboxylic acids is 6. The highest BCUT2D eigenvalue weighted by atomic mass is 16.5. The van der Waals surface area contributed by atoms with E-state index in [1.807, 2.05) is 30.3 Å². The van der Waals surface area contributed by atoms with Gasteiger partial charge < -0.3 is 85.3 Å². The zero-order valence-electron chi connectivity index (χ0n) is 84.5. The standard InChI is InChI=1S/C17H30NO.C15H26NO.C12H20NO.C10H20N2O.C10H20NO2.2C9H18N2O.C9H18NO2.C8H16N2O/c1-4-12-18(6-3,13-5-2)14-15-19-16-17-10-8-7-9-11-17;1-4-16(5-2,6-3)12-13-17-14-15-10-8-7-9-11-15;1-13(2,3)9-10-14-11-12-7-5-4-6-8-12;1-9(2)10(13)11-7-6-8-12(3,4)5;1-9(2)10(12)13-8-6-7-11(3,4)5;1-8(2)9(12)10-6-7-11(3,4)5;1-5-9(12)10-7-6-8-11(2,3)4;1-5-9(11)12-8-6-7-10(2,3)4;1-5-8(11)9-6-7-10(2,3)4/h7-11H,4-6,12-16H2,1-3H3;7-11H,4-6,12-14H2,1-3H3;4-8H,9-11H2,1-3H3;2*1,6-8H2,2-5H3;1,6-7H2,2-5H3;2*5H,1,6-8H2,2-4H3;5H,1,6-7H2,2-4H3/q3*+1;;+1;;;+1;/p+4. The van der Waals surface area contributed by atoms with Crippen LogP contribution >= 0.6 is 0 Å². The maximum atomic E-state index is 11.1. The molecule has 24 nitrogen and oxygen atoms in total. The molecule has 3 aromatic carbocycles. The molecule has 0 aliphatic rings. The fourth-order valence-electron chi connectivity index (χ4n) is 10.6. The quantitative estimate of drug-likeness (QED) is 0.0182. The summed E-state index contributed by atoms with van der Waals surface area (Å²) in [5.74, 6) is -0.905. The molecular formula is C99H190N13O11+9. The van der Waals surface area contributed by atoms with Gasteiger partial charge in [0.05, 0.1) is 292 Å². The highest BCUT2D eigenvalue weighted by molar-refractivity contribution is 5.92. The molecule has 0 aliphatic heterocycles. The van der Waals surface area contributed by atoms with E-state index >= 15 is 0 Å². The minimum atomic E-state index is -0.337. The molecule has 0 saturated carbocycles. The number of carbonyl (C=O) groups is 6. The van der Waals surface area contributed by atoms with Crippen LogP contribution in [0.4, 0.5) is 0 Å². The van der Waals surface area contributed by atoms with Gasteiger partial charge in [-0.05, 0) is 90.2 Å². The summed E-state index contributed by atoms with van der Waals surface area (Å²) >= 11 is 0.